The van der Waals surface area contributed by atoms with E-state index < -0.39 is 6.17 Å². The van der Waals surface area contributed by atoms with E-state index >= 15 is 0 Å². The third kappa shape index (κ3) is 5.62. The highest BCUT2D eigenvalue weighted by Crippen LogP contribution is 2.23. The van der Waals surface area contributed by atoms with Gasteiger partial charge in [-0.3, -0.25) is 0 Å². The Hall–Kier alpha value is -2.75. The molecule has 2 aromatic carbocycles. The Balaban J connectivity index is 1.64. The number of benzene rings is 2. The summed E-state index contributed by atoms with van der Waals surface area (Å²) in [5.41, 5.74) is 4.40. The Kier molecular flexibility index (Phi) is 7.12. The van der Waals surface area contributed by atoms with Gasteiger partial charge >= 0.3 is 0 Å². The number of nitrogens with zero attached hydrogens (tertiary/aromatic N) is 2. The molecule has 3 nitrogen and oxygen atoms in total. The summed E-state index contributed by atoms with van der Waals surface area (Å²) in [6.07, 6.45) is 7.61. The molecule has 0 radical (unpaired) electrons. The SMILES string of the molecule is CCCCCc1ccc(-c2cnc(-c3ccc(OCC(C)F)cc3)nc2)cc1. The average molecular weight is 378 g/mol. The molecule has 0 fully saturated rings. The van der Waals surface area contributed by atoms with Crippen LogP contribution in [-0.4, -0.2) is 22.7 Å². The van der Waals surface area contributed by atoms with Crippen LogP contribution in [0.4, 0.5) is 4.39 Å². The summed E-state index contributed by atoms with van der Waals surface area (Å²) >= 11 is 0. The van der Waals surface area contributed by atoms with Crippen molar-refractivity contribution in [2.45, 2.75) is 45.7 Å². The fraction of sp³-hybridized carbons (Fsp3) is 0.333. The van der Waals surface area contributed by atoms with Crippen LogP contribution < -0.4 is 4.74 Å². The fourth-order valence-electron chi connectivity index (χ4n) is 2.98. The van der Waals surface area contributed by atoms with Gasteiger partial charge in [0.2, 0.25) is 0 Å². The zero-order valence-electron chi connectivity index (χ0n) is 16.6. The van der Waals surface area contributed by atoms with Crippen molar-refractivity contribution in [3.05, 3.63) is 66.5 Å². The van der Waals surface area contributed by atoms with Crippen molar-refractivity contribution < 1.29 is 9.13 Å². The smallest absolute Gasteiger partial charge is 0.159 e. The minimum Gasteiger partial charge on any atom is -0.491 e. The quantitative estimate of drug-likeness (QED) is 0.411. The van der Waals surface area contributed by atoms with Crippen LogP contribution in [0, 0.1) is 0 Å². The maximum absolute atomic E-state index is 12.9. The summed E-state index contributed by atoms with van der Waals surface area (Å²) in [5.74, 6) is 1.30. The van der Waals surface area contributed by atoms with Crippen LogP contribution in [0.15, 0.2) is 60.9 Å². The molecule has 28 heavy (non-hydrogen) atoms. The van der Waals surface area contributed by atoms with Crippen molar-refractivity contribution in [2.75, 3.05) is 6.61 Å². The number of hydrogen-bond acceptors (Lipinski definition) is 3. The summed E-state index contributed by atoms with van der Waals surface area (Å²) in [6, 6.07) is 16.1. The van der Waals surface area contributed by atoms with Crippen LogP contribution >= 0.6 is 0 Å². The van der Waals surface area contributed by atoms with E-state index in [0.29, 0.717) is 11.6 Å². The van der Waals surface area contributed by atoms with Gasteiger partial charge in [-0.05, 0) is 55.2 Å². The Morgan fingerprint density at radius 2 is 1.50 bits per heavy atom. The van der Waals surface area contributed by atoms with Crippen LogP contribution in [0.25, 0.3) is 22.5 Å². The summed E-state index contributed by atoms with van der Waals surface area (Å²) in [6.45, 7) is 3.76. The van der Waals surface area contributed by atoms with E-state index in [4.69, 9.17) is 4.74 Å². The molecule has 0 saturated carbocycles. The van der Waals surface area contributed by atoms with Gasteiger partial charge in [-0.1, -0.05) is 44.0 Å². The average Bonchev–Trinajstić information content (AvgIpc) is 2.73. The second-order valence-electron chi connectivity index (χ2n) is 7.07. The molecule has 0 amide bonds. The first-order valence-corrected chi connectivity index (χ1v) is 9.94. The minimum atomic E-state index is -0.985. The van der Waals surface area contributed by atoms with Gasteiger partial charge in [-0.2, -0.15) is 0 Å². The highest BCUT2D eigenvalue weighted by Gasteiger charge is 2.05. The normalized spacial score (nSPS) is 12.0. The highest BCUT2D eigenvalue weighted by molar-refractivity contribution is 5.64. The minimum absolute atomic E-state index is 0.0575. The van der Waals surface area contributed by atoms with E-state index in [0.717, 1.165) is 23.1 Å². The lowest BCUT2D eigenvalue weighted by molar-refractivity contribution is 0.210. The molecule has 3 rings (SSSR count). The summed E-state index contributed by atoms with van der Waals surface area (Å²) < 4.78 is 18.2. The third-order valence-electron chi connectivity index (χ3n) is 4.60. The number of aromatic nitrogens is 2. The van der Waals surface area contributed by atoms with E-state index in [9.17, 15) is 4.39 Å². The van der Waals surface area contributed by atoms with Gasteiger partial charge in [0.1, 0.15) is 18.5 Å². The second-order valence-corrected chi connectivity index (χ2v) is 7.07. The first-order valence-electron chi connectivity index (χ1n) is 9.94. The summed E-state index contributed by atoms with van der Waals surface area (Å²) in [4.78, 5) is 9.00. The van der Waals surface area contributed by atoms with Crippen LogP contribution in [0.3, 0.4) is 0 Å². The van der Waals surface area contributed by atoms with Crippen LogP contribution in [0.1, 0.15) is 38.7 Å². The van der Waals surface area contributed by atoms with Gasteiger partial charge in [0.05, 0.1) is 0 Å². The van der Waals surface area contributed by atoms with Gasteiger partial charge in [-0.25, -0.2) is 14.4 Å². The lowest BCUT2D eigenvalue weighted by Gasteiger charge is -2.08. The predicted molar refractivity (Wildman–Crippen MR) is 112 cm³/mol. The number of ether oxygens (including phenoxy) is 1. The lowest BCUT2D eigenvalue weighted by Crippen LogP contribution is -2.08. The molecule has 1 atom stereocenters. The monoisotopic (exact) mass is 378 g/mol. The van der Waals surface area contributed by atoms with E-state index in [1.807, 2.05) is 36.7 Å². The number of unbranched alkanes of at least 4 members (excludes halogenated alkanes) is 2. The van der Waals surface area contributed by atoms with Crippen molar-refractivity contribution in [3.8, 4) is 28.3 Å². The third-order valence-corrected chi connectivity index (χ3v) is 4.60. The summed E-state index contributed by atoms with van der Waals surface area (Å²) in [5, 5.41) is 0. The van der Waals surface area contributed by atoms with E-state index in [1.54, 1.807) is 0 Å². The Morgan fingerprint density at radius 3 is 2.11 bits per heavy atom. The van der Waals surface area contributed by atoms with Gasteiger partial charge in [0.15, 0.2) is 5.82 Å². The van der Waals surface area contributed by atoms with E-state index in [2.05, 4.69) is 41.2 Å². The first kappa shape index (κ1) is 20.0. The topological polar surface area (TPSA) is 35.0 Å². The molecule has 0 N–H and O–H groups in total. The largest absolute Gasteiger partial charge is 0.491 e. The Bertz CT molecular complexity index is 843. The molecule has 0 aliphatic heterocycles. The van der Waals surface area contributed by atoms with Crippen molar-refractivity contribution in [1.82, 2.24) is 9.97 Å². The molecule has 3 aromatic rings. The predicted octanol–water partition coefficient (Wildman–Crippen LogP) is 6.28. The molecule has 1 aromatic heterocycles. The van der Waals surface area contributed by atoms with E-state index in [-0.39, 0.29) is 6.61 Å². The zero-order chi connectivity index (χ0) is 19.8. The maximum Gasteiger partial charge on any atom is 0.159 e. The molecule has 4 heteroatoms. The second kappa shape index (κ2) is 9.98. The fourth-order valence-corrected chi connectivity index (χ4v) is 2.98. The molecule has 0 spiro atoms. The van der Waals surface area contributed by atoms with Crippen LogP contribution in [-0.2, 0) is 6.42 Å². The Morgan fingerprint density at radius 1 is 0.857 bits per heavy atom. The molecule has 146 valence electrons. The van der Waals surface area contributed by atoms with E-state index in [1.165, 1.54) is 31.7 Å². The van der Waals surface area contributed by atoms with Crippen molar-refractivity contribution in [2.24, 2.45) is 0 Å². The summed E-state index contributed by atoms with van der Waals surface area (Å²) in [7, 11) is 0. The standard InChI is InChI=1S/C24H27FN2O/c1-3-4-5-6-19-7-9-20(10-8-19)22-15-26-24(27-16-22)21-11-13-23(14-12-21)28-17-18(2)25/h7-16,18H,3-6,17H2,1-2H3. The molecule has 0 saturated heterocycles. The van der Waals surface area contributed by atoms with Crippen molar-refractivity contribution in [1.29, 1.82) is 0 Å². The molecular weight excluding hydrogens is 351 g/mol. The van der Waals surface area contributed by atoms with Crippen LogP contribution in [0.2, 0.25) is 0 Å². The van der Waals surface area contributed by atoms with Crippen LogP contribution in [0.5, 0.6) is 5.75 Å². The van der Waals surface area contributed by atoms with Gasteiger partial charge < -0.3 is 4.74 Å². The van der Waals surface area contributed by atoms with Gasteiger partial charge in [0.25, 0.3) is 0 Å². The zero-order valence-corrected chi connectivity index (χ0v) is 16.6. The van der Waals surface area contributed by atoms with Gasteiger partial charge in [-0.15, -0.1) is 0 Å². The molecule has 1 heterocycles. The maximum atomic E-state index is 12.9. The Labute approximate surface area is 166 Å². The lowest BCUT2D eigenvalue weighted by atomic mass is 10.0. The van der Waals surface area contributed by atoms with Gasteiger partial charge in [0, 0.05) is 23.5 Å². The first-order chi connectivity index (χ1) is 13.7. The molecule has 1 unspecified atom stereocenters. The molecule has 0 bridgehead atoms. The number of alkyl halides is 1. The van der Waals surface area contributed by atoms with Crippen molar-refractivity contribution in [3.63, 3.8) is 0 Å². The number of hydrogen-bond donors (Lipinski definition) is 0. The molecule has 0 aliphatic carbocycles. The highest BCUT2D eigenvalue weighted by atomic mass is 19.1. The number of halogens is 1. The molecule has 0 aliphatic rings. The van der Waals surface area contributed by atoms with Crippen molar-refractivity contribution >= 4 is 0 Å². The molecular formula is C24H27FN2O. The number of aryl methyl sites for hydroxylation is 1. The number of rotatable bonds is 9.